The summed E-state index contributed by atoms with van der Waals surface area (Å²) in [6, 6.07) is 14.6. The SMILES string of the molecule is COC(=O)c1nc(-c2cccnc2)c2c(cc(-c3ccccc3)c(=O)n2CC2CCCCC2)c1O. The van der Waals surface area contributed by atoms with Gasteiger partial charge in [-0.3, -0.25) is 9.78 Å². The van der Waals surface area contributed by atoms with Crippen molar-refractivity contribution in [2.45, 2.75) is 38.6 Å². The number of pyridine rings is 3. The molecule has 3 heterocycles. The number of rotatable bonds is 5. The van der Waals surface area contributed by atoms with Crippen LogP contribution in [0, 0.1) is 5.92 Å². The number of ether oxygens (including phenoxy) is 1. The first kappa shape index (κ1) is 22.8. The fraction of sp³-hybridized carbons (Fsp3) is 0.286. The molecule has 1 saturated carbocycles. The van der Waals surface area contributed by atoms with Gasteiger partial charge in [0.15, 0.2) is 11.4 Å². The van der Waals surface area contributed by atoms with Crippen LogP contribution in [0.3, 0.4) is 0 Å². The van der Waals surface area contributed by atoms with Crippen molar-refractivity contribution >= 4 is 16.9 Å². The van der Waals surface area contributed by atoms with E-state index >= 15 is 0 Å². The van der Waals surface area contributed by atoms with Crippen molar-refractivity contribution in [2.75, 3.05) is 7.11 Å². The summed E-state index contributed by atoms with van der Waals surface area (Å²) in [5.74, 6) is -0.699. The van der Waals surface area contributed by atoms with Gasteiger partial charge in [0.1, 0.15) is 0 Å². The molecule has 5 rings (SSSR count). The molecule has 1 aromatic carbocycles. The van der Waals surface area contributed by atoms with Crippen LogP contribution in [0.1, 0.15) is 42.6 Å². The van der Waals surface area contributed by atoms with Crippen molar-refractivity contribution in [3.05, 3.63) is 77.0 Å². The smallest absolute Gasteiger partial charge is 0.360 e. The third-order valence-electron chi connectivity index (χ3n) is 6.78. The second-order valence-corrected chi connectivity index (χ2v) is 9.00. The fourth-order valence-corrected chi connectivity index (χ4v) is 5.02. The Balaban J connectivity index is 1.88. The van der Waals surface area contributed by atoms with Crippen LogP contribution in [-0.2, 0) is 11.3 Å². The molecule has 1 fully saturated rings. The average molecular weight is 470 g/mol. The summed E-state index contributed by atoms with van der Waals surface area (Å²) in [6.07, 6.45) is 8.87. The first-order valence-electron chi connectivity index (χ1n) is 11.9. The molecule has 7 heteroatoms. The standard InChI is InChI=1S/C28H27N3O4/c1-35-28(34)24-26(32)22-15-21(19-11-6-3-7-12-19)27(33)31(17-18-9-4-2-5-10-18)25(22)23(30-24)20-13-8-14-29-16-20/h3,6-8,11-16,18,32H,2,4-5,9-10,17H2,1H3. The van der Waals surface area contributed by atoms with E-state index in [0.717, 1.165) is 31.2 Å². The normalized spacial score (nSPS) is 14.2. The predicted octanol–water partition coefficient (Wildman–Crippen LogP) is 5.20. The van der Waals surface area contributed by atoms with E-state index in [9.17, 15) is 14.7 Å². The maximum absolute atomic E-state index is 14.0. The molecule has 1 aliphatic carbocycles. The molecule has 0 unspecified atom stereocenters. The zero-order valence-electron chi connectivity index (χ0n) is 19.6. The minimum Gasteiger partial charge on any atom is -0.505 e. The second kappa shape index (κ2) is 9.70. The molecule has 0 bridgehead atoms. The fourth-order valence-electron chi connectivity index (χ4n) is 5.02. The lowest BCUT2D eigenvalue weighted by Gasteiger charge is -2.25. The van der Waals surface area contributed by atoms with Gasteiger partial charge in [0.2, 0.25) is 0 Å². The van der Waals surface area contributed by atoms with Crippen molar-refractivity contribution in [2.24, 2.45) is 5.92 Å². The molecule has 178 valence electrons. The molecule has 35 heavy (non-hydrogen) atoms. The number of hydrogen-bond donors (Lipinski definition) is 1. The van der Waals surface area contributed by atoms with Gasteiger partial charge in [-0.05, 0) is 42.5 Å². The van der Waals surface area contributed by atoms with Crippen LogP contribution >= 0.6 is 0 Å². The Hall–Kier alpha value is -4.00. The number of nitrogens with zero attached hydrogens (tertiary/aromatic N) is 3. The Morgan fingerprint density at radius 3 is 2.51 bits per heavy atom. The van der Waals surface area contributed by atoms with E-state index < -0.39 is 5.97 Å². The van der Waals surface area contributed by atoms with Crippen molar-refractivity contribution in [1.82, 2.24) is 14.5 Å². The average Bonchev–Trinajstić information content (AvgIpc) is 2.91. The van der Waals surface area contributed by atoms with Crippen LogP contribution in [0.4, 0.5) is 0 Å². The molecule has 0 saturated heterocycles. The number of hydrogen-bond acceptors (Lipinski definition) is 6. The van der Waals surface area contributed by atoms with Crippen LogP contribution < -0.4 is 5.56 Å². The maximum atomic E-state index is 14.0. The van der Waals surface area contributed by atoms with Crippen LogP contribution in [0.15, 0.2) is 65.7 Å². The van der Waals surface area contributed by atoms with Gasteiger partial charge in [0, 0.05) is 35.5 Å². The quantitative estimate of drug-likeness (QED) is 0.404. The van der Waals surface area contributed by atoms with E-state index in [4.69, 9.17) is 4.74 Å². The number of aromatic hydroxyl groups is 1. The number of esters is 1. The molecule has 1 aliphatic rings. The molecule has 0 radical (unpaired) electrons. The molecule has 0 amide bonds. The highest BCUT2D eigenvalue weighted by atomic mass is 16.5. The van der Waals surface area contributed by atoms with Crippen LogP contribution in [-0.4, -0.2) is 32.7 Å². The number of fused-ring (bicyclic) bond motifs is 1. The summed E-state index contributed by atoms with van der Waals surface area (Å²) in [5, 5.41) is 11.6. The van der Waals surface area contributed by atoms with Crippen molar-refractivity contribution in [1.29, 1.82) is 0 Å². The summed E-state index contributed by atoms with van der Waals surface area (Å²) in [4.78, 5) is 35.3. The highest BCUT2D eigenvalue weighted by Gasteiger charge is 2.26. The first-order chi connectivity index (χ1) is 17.1. The number of aromatic nitrogens is 3. The van der Waals surface area contributed by atoms with Crippen molar-refractivity contribution < 1.29 is 14.6 Å². The van der Waals surface area contributed by atoms with Gasteiger partial charge in [0.25, 0.3) is 5.56 Å². The highest BCUT2D eigenvalue weighted by molar-refractivity contribution is 6.04. The highest BCUT2D eigenvalue weighted by Crippen LogP contribution is 2.37. The van der Waals surface area contributed by atoms with E-state index in [0.29, 0.717) is 40.2 Å². The van der Waals surface area contributed by atoms with Gasteiger partial charge >= 0.3 is 5.97 Å². The lowest BCUT2D eigenvalue weighted by Crippen LogP contribution is -2.27. The second-order valence-electron chi connectivity index (χ2n) is 9.00. The zero-order valence-corrected chi connectivity index (χ0v) is 19.6. The number of benzene rings is 1. The van der Waals surface area contributed by atoms with Crippen molar-refractivity contribution in [3.8, 4) is 28.1 Å². The molecule has 0 spiro atoms. The number of methoxy groups -OCH3 is 1. The van der Waals surface area contributed by atoms with E-state index in [1.165, 1.54) is 13.5 Å². The van der Waals surface area contributed by atoms with Crippen molar-refractivity contribution in [3.63, 3.8) is 0 Å². The molecule has 4 aromatic rings. The number of carbonyl (C=O) groups is 1. The summed E-state index contributed by atoms with van der Waals surface area (Å²) in [7, 11) is 1.25. The lowest BCUT2D eigenvalue weighted by molar-refractivity contribution is 0.0591. The third-order valence-corrected chi connectivity index (χ3v) is 6.78. The molecule has 3 aromatic heterocycles. The van der Waals surface area contributed by atoms with E-state index in [-0.39, 0.29) is 17.0 Å². The zero-order chi connectivity index (χ0) is 24.4. The lowest BCUT2D eigenvalue weighted by atomic mass is 9.89. The molecular weight excluding hydrogens is 442 g/mol. The Morgan fingerprint density at radius 1 is 1.09 bits per heavy atom. The van der Waals surface area contributed by atoms with Gasteiger partial charge in [-0.2, -0.15) is 0 Å². The van der Waals surface area contributed by atoms with Gasteiger partial charge in [-0.1, -0.05) is 49.6 Å². The van der Waals surface area contributed by atoms with E-state index in [1.807, 2.05) is 36.4 Å². The maximum Gasteiger partial charge on any atom is 0.360 e. The van der Waals surface area contributed by atoms with Gasteiger partial charge in [-0.15, -0.1) is 0 Å². The summed E-state index contributed by atoms with van der Waals surface area (Å²) in [6.45, 7) is 0.516. The van der Waals surface area contributed by atoms with Gasteiger partial charge in [0.05, 0.1) is 18.3 Å². The van der Waals surface area contributed by atoms with E-state index in [1.54, 1.807) is 29.1 Å². The van der Waals surface area contributed by atoms with E-state index in [2.05, 4.69) is 9.97 Å². The summed E-state index contributed by atoms with van der Waals surface area (Å²) >= 11 is 0. The first-order valence-corrected chi connectivity index (χ1v) is 11.9. The topological polar surface area (TPSA) is 94.3 Å². The van der Waals surface area contributed by atoms with Crippen LogP contribution in [0.5, 0.6) is 5.75 Å². The Bertz CT molecular complexity index is 1430. The Kier molecular flexibility index (Phi) is 6.31. The molecule has 7 nitrogen and oxygen atoms in total. The Morgan fingerprint density at radius 2 is 1.83 bits per heavy atom. The van der Waals surface area contributed by atoms with Gasteiger partial charge < -0.3 is 14.4 Å². The molecule has 1 N–H and O–H groups in total. The Labute approximate surface area is 203 Å². The molecular formula is C28H27N3O4. The molecule has 0 aliphatic heterocycles. The largest absolute Gasteiger partial charge is 0.505 e. The summed E-state index contributed by atoms with van der Waals surface area (Å²) < 4.78 is 6.64. The minimum atomic E-state index is -0.749. The van der Waals surface area contributed by atoms with Crippen LogP contribution in [0.25, 0.3) is 33.3 Å². The summed E-state index contributed by atoms with van der Waals surface area (Å²) in [5.41, 5.74) is 2.43. The minimum absolute atomic E-state index is 0.147. The van der Waals surface area contributed by atoms with Crippen LogP contribution in [0.2, 0.25) is 0 Å². The third kappa shape index (κ3) is 4.30. The molecule has 0 atom stereocenters. The monoisotopic (exact) mass is 469 g/mol. The predicted molar refractivity (Wildman–Crippen MR) is 134 cm³/mol. The van der Waals surface area contributed by atoms with Gasteiger partial charge in [-0.25, -0.2) is 9.78 Å². The number of carbonyl (C=O) groups excluding carboxylic acids is 1.